The minimum atomic E-state index is -1.33. The number of benzene rings is 3. The fourth-order valence-electron chi connectivity index (χ4n) is 7.73. The van der Waals surface area contributed by atoms with Crippen LogP contribution in [0.4, 0.5) is 5.69 Å². The number of carbonyl (C=O) groups is 4. The van der Waals surface area contributed by atoms with Crippen molar-refractivity contribution in [1.29, 1.82) is 0 Å². The first-order valence-electron chi connectivity index (χ1n) is 17.9. The molecule has 1 unspecified atom stereocenters. The Morgan fingerprint density at radius 3 is 2.59 bits per heavy atom. The Bertz CT molecular complexity index is 2350. The van der Waals surface area contributed by atoms with Gasteiger partial charge in [0.25, 0.3) is 5.91 Å². The van der Waals surface area contributed by atoms with Crippen molar-refractivity contribution in [2.75, 3.05) is 11.9 Å². The number of ether oxygens (including phenoxy) is 1. The molecule has 1 spiro atoms. The maximum Gasteiger partial charge on any atom is 0.273 e. The lowest BCUT2D eigenvalue weighted by atomic mass is 9.72. The molecule has 278 valence electrons. The van der Waals surface area contributed by atoms with E-state index >= 15 is 0 Å². The number of H-pyrrole nitrogens is 1. The van der Waals surface area contributed by atoms with Crippen LogP contribution < -0.4 is 26.0 Å². The van der Waals surface area contributed by atoms with E-state index in [0.29, 0.717) is 33.3 Å². The van der Waals surface area contributed by atoms with Gasteiger partial charge in [0.1, 0.15) is 35.1 Å². The number of Topliss-reactive ketones (excluding diaryl/α,β-unsaturated/α-hetero) is 1. The molecule has 4 bridgehead atoms. The molecule has 8 rings (SSSR count). The van der Waals surface area contributed by atoms with Gasteiger partial charge in [-0.25, -0.2) is 4.98 Å². The standard InChI is InChI=1S/C40H40N6O8/c1-18(2)30-38-46-32(36(51)42-17-28(48)22-16-41-31-21(22)8-7-11-27(31)47)34(54-38)40-23-9-5-6-10-25(23)44-39(40)53-29-13-12-20(14-24(29)40)15-26(35(50)45-30)43-37(52)33(49)19(3)4/h5-14,16,18-19,26,30,33,39,41,44,47,49H,15,17H2,1-4H3,(H,42,51)(H,43,52)(H,45,50)/t26-,30-,33-,39-,40?/m0/s1. The molecule has 14 nitrogen and oxygen atoms in total. The first kappa shape index (κ1) is 34.9. The summed E-state index contributed by atoms with van der Waals surface area (Å²) in [5.41, 5.74) is 2.23. The van der Waals surface area contributed by atoms with Crippen molar-refractivity contribution in [2.45, 2.75) is 63.9 Å². The van der Waals surface area contributed by atoms with Crippen molar-refractivity contribution in [2.24, 2.45) is 11.8 Å². The Kier molecular flexibility index (Phi) is 8.44. The van der Waals surface area contributed by atoms with Gasteiger partial charge in [-0.3, -0.25) is 19.2 Å². The molecule has 0 saturated carbocycles. The van der Waals surface area contributed by atoms with E-state index in [1.807, 2.05) is 50.2 Å². The van der Waals surface area contributed by atoms with Gasteiger partial charge in [-0.2, -0.15) is 0 Å². The first-order chi connectivity index (χ1) is 25.9. The van der Waals surface area contributed by atoms with Gasteiger partial charge in [0, 0.05) is 34.8 Å². The van der Waals surface area contributed by atoms with E-state index in [1.54, 1.807) is 32.0 Å². The number of carbonyl (C=O) groups excluding carboxylic acids is 4. The predicted molar refractivity (Wildman–Crippen MR) is 196 cm³/mol. The third-order valence-corrected chi connectivity index (χ3v) is 10.6. The molecule has 0 aliphatic carbocycles. The van der Waals surface area contributed by atoms with Crippen LogP contribution in [0.25, 0.3) is 10.9 Å². The van der Waals surface area contributed by atoms with Crippen LogP contribution >= 0.6 is 0 Å². The van der Waals surface area contributed by atoms with Crippen LogP contribution in [0.3, 0.4) is 0 Å². The lowest BCUT2D eigenvalue weighted by molar-refractivity contribution is -0.135. The van der Waals surface area contributed by atoms with Crippen molar-refractivity contribution < 1.29 is 38.5 Å². The molecule has 7 N–H and O–H groups in total. The van der Waals surface area contributed by atoms with Gasteiger partial charge < -0.3 is 45.6 Å². The molecule has 5 atom stereocenters. The Labute approximate surface area is 309 Å². The Morgan fingerprint density at radius 1 is 1.02 bits per heavy atom. The number of fused-ring (bicyclic) bond motifs is 5. The molecule has 5 aromatic rings. The van der Waals surface area contributed by atoms with Gasteiger partial charge in [0.2, 0.25) is 17.7 Å². The summed E-state index contributed by atoms with van der Waals surface area (Å²) in [6.07, 6.45) is -0.516. The summed E-state index contributed by atoms with van der Waals surface area (Å²) in [7, 11) is 0. The van der Waals surface area contributed by atoms with Crippen molar-refractivity contribution in [3.8, 4) is 11.5 Å². The summed E-state index contributed by atoms with van der Waals surface area (Å²) in [5, 5.41) is 33.2. The van der Waals surface area contributed by atoms with Gasteiger partial charge in [0.05, 0.1) is 12.1 Å². The Hall–Kier alpha value is -6.15. The number of aliphatic hydroxyl groups excluding tert-OH is 1. The number of ketones is 1. The third-order valence-electron chi connectivity index (χ3n) is 10.6. The zero-order chi connectivity index (χ0) is 38.1. The number of para-hydroxylation sites is 2. The summed E-state index contributed by atoms with van der Waals surface area (Å²) < 4.78 is 13.3. The van der Waals surface area contributed by atoms with E-state index in [1.165, 1.54) is 12.3 Å². The molecular weight excluding hydrogens is 692 g/mol. The van der Waals surface area contributed by atoms with Gasteiger partial charge >= 0.3 is 0 Å². The van der Waals surface area contributed by atoms with Crippen LogP contribution in [0.1, 0.15) is 82.9 Å². The van der Waals surface area contributed by atoms with E-state index in [-0.39, 0.29) is 47.9 Å². The average molecular weight is 733 g/mol. The maximum absolute atomic E-state index is 14.4. The molecule has 3 aliphatic rings. The predicted octanol–water partition coefficient (Wildman–Crippen LogP) is 3.82. The van der Waals surface area contributed by atoms with Crippen molar-refractivity contribution >= 4 is 40.1 Å². The molecule has 0 saturated heterocycles. The number of anilines is 1. The number of phenolic OH excluding ortho intramolecular Hbond substituents is 1. The van der Waals surface area contributed by atoms with Gasteiger partial charge in [-0.15, -0.1) is 0 Å². The topological polar surface area (TPSA) is 208 Å². The number of nitrogens with one attached hydrogen (secondary N) is 5. The molecule has 3 aromatic carbocycles. The van der Waals surface area contributed by atoms with Gasteiger partial charge in [-0.1, -0.05) is 70.2 Å². The Morgan fingerprint density at radius 2 is 1.81 bits per heavy atom. The van der Waals surface area contributed by atoms with E-state index < -0.39 is 53.3 Å². The SMILES string of the molecule is CC(C)[C@H](O)C(=O)N[C@H]1Cc2ccc3c(c2)C2(c4ccccc4N[C@H]2O3)c2oc(nc2C(=O)NCC(=O)c2c[nH]c3c(O)cccc23)[C@H](C(C)C)NC1=O. The van der Waals surface area contributed by atoms with Crippen molar-refractivity contribution in [1.82, 2.24) is 25.9 Å². The number of nitrogens with zero attached hydrogens (tertiary/aromatic N) is 1. The van der Waals surface area contributed by atoms with E-state index in [0.717, 1.165) is 11.3 Å². The molecule has 0 fully saturated rings. The smallest absolute Gasteiger partial charge is 0.273 e. The normalized spacial score (nSPS) is 21.6. The van der Waals surface area contributed by atoms with E-state index in [4.69, 9.17) is 14.1 Å². The van der Waals surface area contributed by atoms with Gasteiger partial charge in [0.15, 0.2) is 23.5 Å². The molecule has 3 amide bonds. The molecule has 54 heavy (non-hydrogen) atoms. The second-order valence-corrected chi connectivity index (χ2v) is 14.7. The quantitative estimate of drug-likeness (QED) is 0.115. The molecule has 3 aliphatic heterocycles. The number of aliphatic hydroxyl groups is 1. The van der Waals surface area contributed by atoms with Crippen LogP contribution in [0.15, 0.2) is 71.3 Å². The van der Waals surface area contributed by atoms with Crippen molar-refractivity contribution in [3.05, 3.63) is 106 Å². The van der Waals surface area contributed by atoms with Gasteiger partial charge in [-0.05, 0) is 41.2 Å². The summed E-state index contributed by atoms with van der Waals surface area (Å²) in [6.45, 7) is 6.75. The monoisotopic (exact) mass is 732 g/mol. The molecule has 0 radical (unpaired) electrons. The van der Waals surface area contributed by atoms with Crippen molar-refractivity contribution in [3.63, 3.8) is 0 Å². The maximum atomic E-state index is 14.4. The highest BCUT2D eigenvalue weighted by molar-refractivity contribution is 6.11. The highest BCUT2D eigenvalue weighted by atomic mass is 16.5. The summed E-state index contributed by atoms with van der Waals surface area (Å²) in [4.78, 5) is 62.7. The lowest BCUT2D eigenvalue weighted by Crippen LogP contribution is -2.52. The van der Waals surface area contributed by atoms with Crippen LogP contribution in [-0.2, 0) is 21.4 Å². The molecular formula is C40H40N6O8. The summed E-state index contributed by atoms with van der Waals surface area (Å²) >= 11 is 0. The third kappa shape index (κ3) is 5.47. The highest BCUT2D eigenvalue weighted by Gasteiger charge is 2.61. The van der Waals surface area contributed by atoms with E-state index in [2.05, 4.69) is 26.3 Å². The Balaban J connectivity index is 1.25. The number of hydrogen-bond acceptors (Lipinski definition) is 10. The first-order valence-corrected chi connectivity index (χ1v) is 17.9. The number of aromatic amines is 1. The number of phenols is 1. The second-order valence-electron chi connectivity index (χ2n) is 14.7. The summed E-state index contributed by atoms with van der Waals surface area (Å²) in [6, 6.07) is 16.0. The molecule has 2 aromatic heterocycles. The highest BCUT2D eigenvalue weighted by Crippen LogP contribution is 2.58. The number of aromatic hydroxyl groups is 1. The number of oxazole rings is 1. The number of aromatic nitrogens is 2. The average Bonchev–Trinajstić information content (AvgIpc) is 3.92. The van der Waals surface area contributed by atoms with E-state index in [9.17, 15) is 29.4 Å². The fraction of sp³-hybridized carbons (Fsp3) is 0.325. The minimum Gasteiger partial charge on any atom is -0.506 e. The number of amides is 3. The minimum absolute atomic E-state index is 0.00514. The lowest BCUT2D eigenvalue weighted by Gasteiger charge is -2.29. The van der Waals surface area contributed by atoms with Crippen LogP contribution in [0, 0.1) is 11.8 Å². The largest absolute Gasteiger partial charge is 0.506 e. The van der Waals surface area contributed by atoms with Crippen LogP contribution in [-0.4, -0.2) is 68.6 Å². The van der Waals surface area contributed by atoms with Crippen LogP contribution in [0.5, 0.6) is 11.5 Å². The number of hydrogen-bond donors (Lipinski definition) is 7. The zero-order valence-electron chi connectivity index (χ0n) is 30.0. The molecule has 14 heteroatoms. The summed E-state index contributed by atoms with van der Waals surface area (Å²) in [5.74, 6) is -2.24. The zero-order valence-corrected chi connectivity index (χ0v) is 30.0. The molecule has 5 heterocycles. The van der Waals surface area contributed by atoms with Crippen LogP contribution in [0.2, 0.25) is 0 Å². The fourth-order valence-corrected chi connectivity index (χ4v) is 7.73. The second kappa shape index (κ2) is 13.1. The number of rotatable bonds is 8.